The van der Waals surface area contributed by atoms with Crippen LogP contribution in [-0.2, 0) is 11.2 Å². The predicted octanol–water partition coefficient (Wildman–Crippen LogP) is 3.45. The third-order valence-corrected chi connectivity index (χ3v) is 4.31. The Bertz CT molecular complexity index is 647. The van der Waals surface area contributed by atoms with Gasteiger partial charge >= 0.3 is 0 Å². The lowest BCUT2D eigenvalue weighted by atomic mass is 10.0. The van der Waals surface area contributed by atoms with Crippen LogP contribution in [0.4, 0.5) is 4.39 Å². The number of methoxy groups -OCH3 is 1. The minimum absolute atomic E-state index is 0.174. The minimum Gasteiger partial charge on any atom is -0.496 e. The molecule has 0 radical (unpaired) electrons. The molecule has 1 aliphatic rings. The van der Waals surface area contributed by atoms with E-state index in [9.17, 15) is 4.39 Å². The Morgan fingerprint density at radius 2 is 2.09 bits per heavy atom. The van der Waals surface area contributed by atoms with Crippen molar-refractivity contribution >= 4 is 0 Å². The van der Waals surface area contributed by atoms with Gasteiger partial charge in [-0.1, -0.05) is 30.3 Å². The summed E-state index contributed by atoms with van der Waals surface area (Å²) in [6.07, 6.45) is 0.823. The van der Waals surface area contributed by atoms with Crippen molar-refractivity contribution in [3.05, 3.63) is 65.5 Å². The molecule has 3 rings (SSSR count). The van der Waals surface area contributed by atoms with Crippen LogP contribution >= 0.6 is 0 Å². The van der Waals surface area contributed by atoms with Crippen molar-refractivity contribution in [2.75, 3.05) is 33.4 Å². The molecule has 1 aliphatic heterocycles. The van der Waals surface area contributed by atoms with Gasteiger partial charge in [0.05, 0.1) is 26.4 Å². The van der Waals surface area contributed by atoms with Crippen molar-refractivity contribution in [2.24, 2.45) is 0 Å². The van der Waals surface area contributed by atoms with Crippen LogP contribution in [0.3, 0.4) is 0 Å². The van der Waals surface area contributed by atoms with Gasteiger partial charge in [0.15, 0.2) is 0 Å². The summed E-state index contributed by atoms with van der Waals surface area (Å²) in [7, 11) is 1.69. The first-order valence-corrected chi connectivity index (χ1v) is 7.97. The van der Waals surface area contributed by atoms with Crippen molar-refractivity contribution < 1.29 is 13.9 Å². The lowest BCUT2D eigenvalue weighted by Crippen LogP contribution is -2.40. The Balaban J connectivity index is 1.74. The maximum atomic E-state index is 13.3. The van der Waals surface area contributed by atoms with Crippen LogP contribution in [0.15, 0.2) is 48.5 Å². The second kappa shape index (κ2) is 7.57. The summed E-state index contributed by atoms with van der Waals surface area (Å²) in [4.78, 5) is 2.40. The van der Waals surface area contributed by atoms with Crippen molar-refractivity contribution in [3.8, 4) is 5.75 Å². The topological polar surface area (TPSA) is 21.7 Å². The molecular weight excluding hydrogens is 293 g/mol. The van der Waals surface area contributed by atoms with E-state index in [1.165, 1.54) is 6.07 Å². The van der Waals surface area contributed by atoms with Gasteiger partial charge in [0.2, 0.25) is 0 Å². The summed E-state index contributed by atoms with van der Waals surface area (Å²) in [5, 5.41) is 0. The molecule has 1 heterocycles. The zero-order valence-electron chi connectivity index (χ0n) is 13.4. The van der Waals surface area contributed by atoms with Crippen molar-refractivity contribution in [3.63, 3.8) is 0 Å². The number of para-hydroxylation sites is 1. The van der Waals surface area contributed by atoms with Crippen LogP contribution in [0.2, 0.25) is 0 Å². The van der Waals surface area contributed by atoms with Gasteiger partial charge in [-0.3, -0.25) is 4.90 Å². The number of rotatable bonds is 5. The second-order valence-corrected chi connectivity index (χ2v) is 5.75. The first-order chi connectivity index (χ1) is 11.3. The van der Waals surface area contributed by atoms with E-state index in [1.54, 1.807) is 19.2 Å². The summed E-state index contributed by atoms with van der Waals surface area (Å²) >= 11 is 0. The molecule has 4 heteroatoms. The quantitative estimate of drug-likeness (QED) is 0.843. The number of hydrogen-bond donors (Lipinski definition) is 0. The third-order valence-electron chi connectivity index (χ3n) is 4.31. The number of benzene rings is 2. The average molecular weight is 315 g/mol. The van der Waals surface area contributed by atoms with E-state index < -0.39 is 0 Å². The SMILES string of the molecule is COc1ccccc1C1COCCN1CCc1cccc(F)c1. The highest BCUT2D eigenvalue weighted by atomic mass is 19.1. The van der Waals surface area contributed by atoms with Gasteiger partial charge in [0.1, 0.15) is 11.6 Å². The summed E-state index contributed by atoms with van der Waals surface area (Å²) in [6.45, 7) is 3.13. The van der Waals surface area contributed by atoms with Crippen molar-refractivity contribution in [1.29, 1.82) is 0 Å². The van der Waals surface area contributed by atoms with Gasteiger partial charge in [-0.05, 0) is 30.2 Å². The minimum atomic E-state index is -0.175. The fourth-order valence-electron chi connectivity index (χ4n) is 3.10. The van der Waals surface area contributed by atoms with E-state index in [2.05, 4.69) is 11.0 Å². The predicted molar refractivity (Wildman–Crippen MR) is 88.2 cm³/mol. The second-order valence-electron chi connectivity index (χ2n) is 5.75. The molecule has 1 atom stereocenters. The van der Waals surface area contributed by atoms with E-state index in [0.29, 0.717) is 6.61 Å². The average Bonchev–Trinajstić information content (AvgIpc) is 2.60. The molecule has 0 spiro atoms. The summed E-state index contributed by atoms with van der Waals surface area (Å²) in [5.41, 5.74) is 2.17. The van der Waals surface area contributed by atoms with E-state index in [1.807, 2.05) is 24.3 Å². The number of hydrogen-bond acceptors (Lipinski definition) is 3. The molecule has 1 unspecified atom stereocenters. The standard InChI is InChI=1S/C19H22FNO2/c1-22-19-8-3-2-7-17(19)18-14-23-12-11-21(18)10-9-15-5-4-6-16(20)13-15/h2-8,13,18H,9-12,14H2,1H3. The number of nitrogens with zero attached hydrogens (tertiary/aromatic N) is 1. The van der Waals surface area contributed by atoms with Crippen molar-refractivity contribution in [1.82, 2.24) is 4.90 Å². The first kappa shape index (κ1) is 16.0. The molecule has 0 saturated carbocycles. The fraction of sp³-hybridized carbons (Fsp3) is 0.368. The molecule has 0 aromatic heterocycles. The van der Waals surface area contributed by atoms with Gasteiger partial charge in [-0.2, -0.15) is 0 Å². The van der Waals surface area contributed by atoms with Gasteiger partial charge in [-0.15, -0.1) is 0 Å². The van der Waals surface area contributed by atoms with Crippen LogP contribution in [-0.4, -0.2) is 38.3 Å². The van der Waals surface area contributed by atoms with Gasteiger partial charge < -0.3 is 9.47 Å². The van der Waals surface area contributed by atoms with Crippen molar-refractivity contribution in [2.45, 2.75) is 12.5 Å². The number of halogens is 1. The van der Waals surface area contributed by atoms with E-state index in [0.717, 1.165) is 43.0 Å². The Hall–Kier alpha value is -1.91. The van der Waals surface area contributed by atoms with Crippen LogP contribution < -0.4 is 4.74 Å². The molecular formula is C19H22FNO2. The fourth-order valence-corrected chi connectivity index (χ4v) is 3.10. The zero-order valence-corrected chi connectivity index (χ0v) is 13.4. The molecule has 3 nitrogen and oxygen atoms in total. The highest BCUT2D eigenvalue weighted by Gasteiger charge is 2.26. The molecule has 1 saturated heterocycles. The summed E-state index contributed by atoms with van der Waals surface area (Å²) in [6, 6.07) is 15.1. The maximum absolute atomic E-state index is 13.3. The Morgan fingerprint density at radius 3 is 2.91 bits per heavy atom. The smallest absolute Gasteiger partial charge is 0.123 e. The molecule has 2 aromatic carbocycles. The molecule has 0 aliphatic carbocycles. The van der Waals surface area contributed by atoms with Crippen LogP contribution in [0.1, 0.15) is 17.2 Å². The zero-order chi connectivity index (χ0) is 16.1. The Kier molecular flexibility index (Phi) is 5.26. The highest BCUT2D eigenvalue weighted by molar-refractivity contribution is 5.36. The molecule has 122 valence electrons. The molecule has 0 amide bonds. The normalized spacial score (nSPS) is 18.8. The molecule has 23 heavy (non-hydrogen) atoms. The maximum Gasteiger partial charge on any atom is 0.123 e. The van der Waals surface area contributed by atoms with Gasteiger partial charge in [0, 0.05) is 18.7 Å². The largest absolute Gasteiger partial charge is 0.496 e. The van der Waals surface area contributed by atoms with Crippen LogP contribution in [0.5, 0.6) is 5.75 Å². The first-order valence-electron chi connectivity index (χ1n) is 7.97. The van der Waals surface area contributed by atoms with E-state index in [-0.39, 0.29) is 11.9 Å². The third kappa shape index (κ3) is 3.89. The summed E-state index contributed by atoms with van der Waals surface area (Å²) in [5.74, 6) is 0.713. The van der Waals surface area contributed by atoms with E-state index >= 15 is 0 Å². The molecule has 0 N–H and O–H groups in total. The van der Waals surface area contributed by atoms with Crippen LogP contribution in [0.25, 0.3) is 0 Å². The number of morpholine rings is 1. The van der Waals surface area contributed by atoms with Crippen LogP contribution in [0, 0.1) is 5.82 Å². The summed E-state index contributed by atoms with van der Waals surface area (Å²) < 4.78 is 24.5. The lowest BCUT2D eigenvalue weighted by Gasteiger charge is -2.36. The Labute approximate surface area is 136 Å². The lowest BCUT2D eigenvalue weighted by molar-refractivity contribution is -0.00861. The van der Waals surface area contributed by atoms with Gasteiger partial charge in [0.25, 0.3) is 0 Å². The number of ether oxygens (including phenoxy) is 2. The molecule has 2 aromatic rings. The van der Waals surface area contributed by atoms with Gasteiger partial charge in [-0.25, -0.2) is 4.39 Å². The Morgan fingerprint density at radius 1 is 1.22 bits per heavy atom. The monoisotopic (exact) mass is 315 g/mol. The molecule has 0 bridgehead atoms. The highest BCUT2D eigenvalue weighted by Crippen LogP contribution is 2.31. The van der Waals surface area contributed by atoms with E-state index in [4.69, 9.17) is 9.47 Å². The molecule has 1 fully saturated rings.